The van der Waals surface area contributed by atoms with Crippen LogP contribution in [0, 0.1) is 0 Å². The van der Waals surface area contributed by atoms with E-state index in [4.69, 9.17) is 18.9 Å². The third kappa shape index (κ3) is 6.05. The van der Waals surface area contributed by atoms with Crippen LogP contribution < -0.4 is 61.4 Å². The van der Waals surface area contributed by atoms with Gasteiger partial charge in [-0.3, -0.25) is 0 Å². The fraction of sp³-hybridized carbons (Fsp3) is 0.0400. The SMILES string of the molecule is FC1(F)Oc2ccc([P+](c3ccccc3)(c3ccccc3)c3ccccc3)c(-c3c([P+](c4ccccc4)(c4ccccc4)c4ccccc4)ccc4c3OC(F)(F)O4)c2O1. The van der Waals surface area contributed by atoms with Gasteiger partial charge in [-0.25, -0.2) is 0 Å². The molecule has 60 heavy (non-hydrogen) atoms. The summed E-state index contributed by atoms with van der Waals surface area (Å²) in [5, 5.41) is 6.46. The average molecular weight is 837 g/mol. The van der Waals surface area contributed by atoms with Gasteiger partial charge < -0.3 is 18.9 Å². The van der Waals surface area contributed by atoms with Gasteiger partial charge in [-0.1, -0.05) is 109 Å². The predicted molar refractivity (Wildman–Crippen MR) is 234 cm³/mol. The van der Waals surface area contributed by atoms with Crippen LogP contribution in [0.1, 0.15) is 0 Å². The summed E-state index contributed by atoms with van der Waals surface area (Å²) >= 11 is 0. The van der Waals surface area contributed by atoms with Gasteiger partial charge in [0.1, 0.15) is 57.0 Å². The Balaban J connectivity index is 1.45. The van der Waals surface area contributed by atoms with Crippen molar-refractivity contribution in [3.8, 4) is 34.1 Å². The van der Waals surface area contributed by atoms with Crippen molar-refractivity contribution in [3.63, 3.8) is 0 Å². The van der Waals surface area contributed by atoms with E-state index < -0.39 is 27.1 Å². The van der Waals surface area contributed by atoms with Crippen molar-refractivity contribution in [2.45, 2.75) is 12.6 Å². The number of halogens is 4. The Bertz CT molecular complexity index is 2430. The minimum Gasteiger partial charge on any atom is -0.395 e. The third-order valence-corrected chi connectivity index (χ3v) is 19.6. The van der Waals surface area contributed by atoms with E-state index in [2.05, 4.69) is 0 Å². The Morgan fingerprint density at radius 2 is 0.517 bits per heavy atom. The van der Waals surface area contributed by atoms with Crippen molar-refractivity contribution in [3.05, 3.63) is 206 Å². The summed E-state index contributed by atoms with van der Waals surface area (Å²) in [5.41, 5.74) is 0.268. The van der Waals surface area contributed by atoms with Gasteiger partial charge in [-0.15, -0.1) is 17.6 Å². The molecule has 0 bridgehead atoms. The maximum Gasteiger partial charge on any atom is 0.586 e. The number of alkyl halides is 4. The first-order chi connectivity index (χ1) is 29.2. The second-order valence-corrected chi connectivity index (χ2v) is 21.0. The predicted octanol–water partition coefficient (Wildman–Crippen LogP) is 9.24. The van der Waals surface area contributed by atoms with E-state index in [0.717, 1.165) is 31.8 Å². The third-order valence-electron chi connectivity index (χ3n) is 10.9. The highest BCUT2D eigenvalue weighted by Crippen LogP contribution is 2.64. The fourth-order valence-corrected chi connectivity index (χ4v) is 17.6. The summed E-state index contributed by atoms with van der Waals surface area (Å²) in [5.74, 6) is -1.09. The Labute approximate surface area is 345 Å². The molecule has 0 aromatic heterocycles. The number of hydrogen-bond donors (Lipinski definition) is 0. The van der Waals surface area contributed by atoms with E-state index in [0.29, 0.717) is 10.6 Å². The van der Waals surface area contributed by atoms with Gasteiger partial charge in [-0.2, -0.15) is 0 Å². The van der Waals surface area contributed by atoms with E-state index in [1.54, 1.807) is 12.1 Å². The highest BCUT2D eigenvalue weighted by molar-refractivity contribution is 8.02. The summed E-state index contributed by atoms with van der Waals surface area (Å²) in [6.07, 6.45) is -8.15. The monoisotopic (exact) mass is 836 g/mol. The molecule has 0 spiro atoms. The maximum absolute atomic E-state index is 15.8. The van der Waals surface area contributed by atoms with Crippen LogP contribution in [-0.4, -0.2) is 12.6 Å². The normalized spacial score (nSPS) is 14.8. The lowest BCUT2D eigenvalue weighted by atomic mass is 10.0. The molecule has 4 nitrogen and oxygen atoms in total. The van der Waals surface area contributed by atoms with Gasteiger partial charge >= 0.3 is 12.6 Å². The van der Waals surface area contributed by atoms with Crippen LogP contribution in [0.3, 0.4) is 0 Å². The van der Waals surface area contributed by atoms with Gasteiger partial charge in [0.15, 0.2) is 23.0 Å². The lowest BCUT2D eigenvalue weighted by Crippen LogP contribution is -2.41. The van der Waals surface area contributed by atoms with Crippen LogP contribution in [0.2, 0.25) is 0 Å². The van der Waals surface area contributed by atoms with Crippen LogP contribution >= 0.6 is 14.5 Å². The maximum atomic E-state index is 15.8. The summed E-state index contributed by atoms with van der Waals surface area (Å²) in [6, 6.07) is 65.6. The first-order valence-corrected chi connectivity index (χ1v) is 22.8. The number of fused-ring (bicyclic) bond motifs is 2. The van der Waals surface area contributed by atoms with E-state index in [1.807, 2.05) is 182 Å². The van der Waals surface area contributed by atoms with Crippen molar-refractivity contribution in [2.75, 3.05) is 0 Å². The molecule has 0 aliphatic carbocycles. The topological polar surface area (TPSA) is 36.9 Å². The molecule has 2 heterocycles. The summed E-state index contributed by atoms with van der Waals surface area (Å²) in [7, 11) is -6.36. The number of rotatable bonds is 9. The molecule has 0 saturated heterocycles. The molecular formula is C50H34F4O4P2+2. The first-order valence-electron chi connectivity index (χ1n) is 19.2. The van der Waals surface area contributed by atoms with E-state index in [1.165, 1.54) is 12.1 Å². The minimum absolute atomic E-state index is 0.134. The molecule has 0 N–H and O–H groups in total. The van der Waals surface area contributed by atoms with Crippen molar-refractivity contribution in [2.24, 2.45) is 0 Å². The molecule has 10 heteroatoms. The van der Waals surface area contributed by atoms with Crippen molar-refractivity contribution < 1.29 is 36.5 Å². The zero-order valence-corrected chi connectivity index (χ0v) is 33.5. The highest BCUT2D eigenvalue weighted by Gasteiger charge is 2.58. The van der Waals surface area contributed by atoms with Crippen LogP contribution in [0.5, 0.6) is 23.0 Å². The zero-order valence-electron chi connectivity index (χ0n) is 31.7. The van der Waals surface area contributed by atoms with Crippen LogP contribution in [0.4, 0.5) is 17.6 Å². The Morgan fingerprint density at radius 3 is 0.750 bits per heavy atom. The zero-order chi connectivity index (χ0) is 41.0. The second-order valence-electron chi connectivity index (χ2n) is 14.3. The molecule has 0 atom stereocenters. The Morgan fingerprint density at radius 1 is 0.283 bits per heavy atom. The van der Waals surface area contributed by atoms with E-state index in [-0.39, 0.29) is 34.1 Å². The first kappa shape index (κ1) is 37.8. The molecule has 0 saturated carbocycles. The van der Waals surface area contributed by atoms with Gasteiger partial charge in [0.25, 0.3) is 0 Å². The molecule has 8 aromatic rings. The van der Waals surface area contributed by atoms with Crippen molar-refractivity contribution in [1.82, 2.24) is 0 Å². The van der Waals surface area contributed by atoms with Crippen molar-refractivity contribution in [1.29, 1.82) is 0 Å². The fourth-order valence-electron chi connectivity index (χ4n) is 8.69. The second kappa shape index (κ2) is 14.7. The summed E-state index contributed by atoms with van der Waals surface area (Å²) < 4.78 is 84.7. The number of hydrogen-bond acceptors (Lipinski definition) is 4. The molecule has 2 aliphatic rings. The number of benzene rings is 8. The van der Waals surface area contributed by atoms with Crippen molar-refractivity contribution >= 4 is 57.0 Å². The molecule has 8 aromatic carbocycles. The van der Waals surface area contributed by atoms with Gasteiger partial charge in [-0.05, 0) is 97.1 Å². The highest BCUT2D eigenvalue weighted by atomic mass is 31.2. The van der Waals surface area contributed by atoms with Crippen LogP contribution in [-0.2, 0) is 0 Å². The Hall–Kier alpha value is -6.46. The quantitative estimate of drug-likeness (QED) is 0.107. The lowest BCUT2D eigenvalue weighted by Gasteiger charge is -2.32. The molecular weight excluding hydrogens is 802 g/mol. The molecule has 10 rings (SSSR count). The van der Waals surface area contributed by atoms with E-state index >= 15 is 17.6 Å². The van der Waals surface area contributed by atoms with Gasteiger partial charge in [0, 0.05) is 0 Å². The van der Waals surface area contributed by atoms with Gasteiger partial charge in [0.2, 0.25) is 0 Å². The summed E-state index contributed by atoms with van der Waals surface area (Å²) in [4.78, 5) is 0. The number of ether oxygens (including phenoxy) is 4. The smallest absolute Gasteiger partial charge is 0.395 e. The molecule has 294 valence electrons. The molecule has 0 radical (unpaired) electrons. The molecule has 2 aliphatic heterocycles. The molecule has 0 unspecified atom stereocenters. The standard InChI is InChI=1S/C50H34F4O4P2/c51-49(52)55-41-31-33-43(59(35-19-7-1-8-20-35,36-21-9-2-10-22-36)37-23-11-3-12-24-37)45(47(41)57-49)46-44(34-32-42-48(46)58-50(53,54)56-42)60(38-25-13-4-14-26-38,39-27-15-5-16-28-39)40-29-17-6-18-30-40/h1-34H/q+2. The average Bonchev–Trinajstić information content (AvgIpc) is 3.79. The largest absolute Gasteiger partial charge is 0.586 e. The Kier molecular flexibility index (Phi) is 9.24. The lowest BCUT2D eigenvalue weighted by molar-refractivity contribution is -0.287. The van der Waals surface area contributed by atoms with Crippen LogP contribution in [0.15, 0.2) is 206 Å². The van der Waals surface area contributed by atoms with E-state index in [9.17, 15) is 0 Å². The molecule has 0 amide bonds. The summed E-state index contributed by atoms with van der Waals surface area (Å²) in [6.45, 7) is 0. The van der Waals surface area contributed by atoms with Gasteiger partial charge in [0.05, 0.1) is 11.1 Å². The molecule has 0 fully saturated rings. The van der Waals surface area contributed by atoms with Crippen LogP contribution in [0.25, 0.3) is 11.1 Å². The minimum atomic E-state index is -4.08.